The van der Waals surface area contributed by atoms with E-state index in [9.17, 15) is 9.50 Å². The van der Waals surface area contributed by atoms with Crippen molar-refractivity contribution in [2.24, 2.45) is 11.7 Å². The molecule has 1 aliphatic rings. The Morgan fingerprint density at radius 3 is 2.42 bits per heavy atom. The van der Waals surface area contributed by atoms with Gasteiger partial charge in [-0.25, -0.2) is 4.39 Å². The maximum absolute atomic E-state index is 14.1. The molecule has 0 bridgehead atoms. The van der Waals surface area contributed by atoms with Crippen LogP contribution in [0, 0.1) is 11.7 Å². The minimum atomic E-state index is -0.271. The summed E-state index contributed by atoms with van der Waals surface area (Å²) in [5.74, 6) is 0.132. The molecule has 0 amide bonds. The van der Waals surface area contributed by atoms with Crippen molar-refractivity contribution in [1.29, 1.82) is 0 Å². The van der Waals surface area contributed by atoms with Gasteiger partial charge < -0.3 is 15.7 Å². The summed E-state index contributed by atoms with van der Waals surface area (Å²) in [6.07, 6.45) is 1.55. The monoisotopic (exact) mass is 266 g/mol. The van der Waals surface area contributed by atoms with E-state index in [0.717, 1.165) is 31.5 Å². The summed E-state index contributed by atoms with van der Waals surface area (Å²) in [4.78, 5) is 2.05. The molecule has 0 aliphatic carbocycles. The zero-order valence-electron chi connectivity index (χ0n) is 11.6. The van der Waals surface area contributed by atoms with Crippen LogP contribution in [0.3, 0.4) is 0 Å². The van der Waals surface area contributed by atoms with E-state index in [4.69, 9.17) is 5.73 Å². The molecule has 19 heavy (non-hydrogen) atoms. The smallest absolute Gasteiger partial charge is 0.146 e. The van der Waals surface area contributed by atoms with E-state index in [-0.39, 0.29) is 18.0 Å². The van der Waals surface area contributed by atoms with E-state index in [1.54, 1.807) is 0 Å². The van der Waals surface area contributed by atoms with E-state index >= 15 is 0 Å². The molecule has 2 atom stereocenters. The number of nitrogens with zero attached hydrogens (tertiary/aromatic N) is 1. The standard InChI is InChI=1S/C15H23FN2O/c1-10(17)13-3-4-15(14(16)9-13)18-7-5-12(6-8-18)11(2)19/h3-4,9-12,19H,5-8,17H2,1-2H3. The number of nitrogens with two attached hydrogens (primary N) is 1. The van der Waals surface area contributed by atoms with E-state index in [2.05, 4.69) is 4.90 Å². The van der Waals surface area contributed by atoms with Gasteiger partial charge in [0.25, 0.3) is 0 Å². The van der Waals surface area contributed by atoms with E-state index in [1.165, 1.54) is 6.07 Å². The number of piperidine rings is 1. The van der Waals surface area contributed by atoms with Gasteiger partial charge in [-0.2, -0.15) is 0 Å². The number of halogens is 1. The summed E-state index contributed by atoms with van der Waals surface area (Å²) in [7, 11) is 0. The van der Waals surface area contributed by atoms with Crippen molar-refractivity contribution >= 4 is 5.69 Å². The van der Waals surface area contributed by atoms with E-state index < -0.39 is 0 Å². The highest BCUT2D eigenvalue weighted by Crippen LogP contribution is 2.28. The lowest BCUT2D eigenvalue weighted by Gasteiger charge is -2.35. The molecular formula is C15H23FN2O. The van der Waals surface area contributed by atoms with Gasteiger partial charge in [0.1, 0.15) is 5.82 Å². The second-order valence-corrected chi connectivity index (χ2v) is 5.56. The Morgan fingerprint density at radius 2 is 1.95 bits per heavy atom. The lowest BCUT2D eigenvalue weighted by Crippen LogP contribution is -2.37. The quantitative estimate of drug-likeness (QED) is 0.883. The molecule has 1 fully saturated rings. The lowest BCUT2D eigenvalue weighted by atomic mass is 9.92. The minimum Gasteiger partial charge on any atom is -0.393 e. The molecule has 0 spiro atoms. The van der Waals surface area contributed by atoms with Crippen LogP contribution in [0.5, 0.6) is 0 Å². The number of aliphatic hydroxyl groups excluding tert-OH is 1. The van der Waals surface area contributed by atoms with Crippen LogP contribution in [0.15, 0.2) is 18.2 Å². The summed E-state index contributed by atoms with van der Waals surface area (Å²) in [5, 5.41) is 9.58. The zero-order chi connectivity index (χ0) is 14.0. The third kappa shape index (κ3) is 3.25. The maximum Gasteiger partial charge on any atom is 0.146 e. The molecule has 106 valence electrons. The first-order valence-corrected chi connectivity index (χ1v) is 6.97. The summed E-state index contributed by atoms with van der Waals surface area (Å²) in [5.41, 5.74) is 7.22. The summed E-state index contributed by atoms with van der Waals surface area (Å²) < 4.78 is 14.1. The lowest BCUT2D eigenvalue weighted by molar-refractivity contribution is 0.110. The molecule has 2 rings (SSSR count). The van der Waals surface area contributed by atoms with Gasteiger partial charge in [-0.05, 0) is 50.3 Å². The van der Waals surface area contributed by atoms with Crippen LogP contribution in [0.2, 0.25) is 0 Å². The molecule has 2 unspecified atom stereocenters. The zero-order valence-corrected chi connectivity index (χ0v) is 11.6. The maximum atomic E-state index is 14.1. The van der Waals surface area contributed by atoms with Crippen molar-refractivity contribution < 1.29 is 9.50 Å². The summed E-state index contributed by atoms with van der Waals surface area (Å²) >= 11 is 0. The molecule has 0 saturated carbocycles. The van der Waals surface area contributed by atoms with Crippen LogP contribution in [-0.4, -0.2) is 24.3 Å². The van der Waals surface area contributed by atoms with Crippen LogP contribution >= 0.6 is 0 Å². The van der Waals surface area contributed by atoms with Gasteiger partial charge in [0.15, 0.2) is 0 Å². The Morgan fingerprint density at radius 1 is 1.32 bits per heavy atom. The third-order valence-corrected chi connectivity index (χ3v) is 4.06. The second-order valence-electron chi connectivity index (χ2n) is 5.56. The average Bonchev–Trinajstić information content (AvgIpc) is 2.38. The normalized spacial score (nSPS) is 20.4. The van der Waals surface area contributed by atoms with Crippen LogP contribution in [-0.2, 0) is 0 Å². The van der Waals surface area contributed by atoms with E-state index in [1.807, 2.05) is 26.0 Å². The van der Waals surface area contributed by atoms with Gasteiger partial charge in [-0.15, -0.1) is 0 Å². The van der Waals surface area contributed by atoms with Crippen molar-refractivity contribution in [2.75, 3.05) is 18.0 Å². The van der Waals surface area contributed by atoms with Crippen molar-refractivity contribution in [1.82, 2.24) is 0 Å². The Bertz CT molecular complexity index is 426. The SMILES string of the molecule is CC(N)c1ccc(N2CCC(C(C)O)CC2)c(F)c1. The number of benzene rings is 1. The fraction of sp³-hybridized carbons (Fsp3) is 0.600. The molecule has 3 N–H and O–H groups in total. The number of hydrogen-bond donors (Lipinski definition) is 2. The highest BCUT2D eigenvalue weighted by Gasteiger charge is 2.24. The molecule has 1 aromatic rings. The first-order valence-electron chi connectivity index (χ1n) is 6.97. The molecule has 1 saturated heterocycles. The largest absolute Gasteiger partial charge is 0.393 e. The summed E-state index contributed by atoms with van der Waals surface area (Å²) in [6.45, 7) is 5.27. The molecule has 1 heterocycles. The van der Waals surface area contributed by atoms with Crippen molar-refractivity contribution in [2.45, 2.75) is 38.8 Å². The van der Waals surface area contributed by atoms with Gasteiger partial charge in [0, 0.05) is 19.1 Å². The number of aliphatic hydroxyl groups is 1. The predicted molar refractivity (Wildman–Crippen MR) is 75.6 cm³/mol. The van der Waals surface area contributed by atoms with Gasteiger partial charge in [-0.1, -0.05) is 6.07 Å². The van der Waals surface area contributed by atoms with Crippen molar-refractivity contribution in [3.63, 3.8) is 0 Å². The fourth-order valence-corrected chi connectivity index (χ4v) is 2.69. The summed E-state index contributed by atoms with van der Waals surface area (Å²) in [6, 6.07) is 5.09. The van der Waals surface area contributed by atoms with Crippen LogP contribution < -0.4 is 10.6 Å². The van der Waals surface area contributed by atoms with Gasteiger partial charge in [0.05, 0.1) is 11.8 Å². The average molecular weight is 266 g/mol. The molecule has 0 aromatic heterocycles. The third-order valence-electron chi connectivity index (χ3n) is 4.06. The minimum absolute atomic E-state index is 0.149. The van der Waals surface area contributed by atoms with Crippen LogP contribution in [0.25, 0.3) is 0 Å². The van der Waals surface area contributed by atoms with Crippen LogP contribution in [0.4, 0.5) is 10.1 Å². The van der Waals surface area contributed by atoms with Gasteiger partial charge in [0.2, 0.25) is 0 Å². The highest BCUT2D eigenvalue weighted by molar-refractivity contribution is 5.50. The predicted octanol–water partition coefficient (Wildman–Crippen LogP) is 2.44. The molecule has 0 radical (unpaired) electrons. The molecule has 1 aliphatic heterocycles. The molecular weight excluding hydrogens is 243 g/mol. The molecule has 1 aromatic carbocycles. The Balaban J connectivity index is 2.07. The topological polar surface area (TPSA) is 49.5 Å². The van der Waals surface area contributed by atoms with Gasteiger partial charge >= 0.3 is 0 Å². The Kier molecular flexibility index (Phi) is 4.42. The first-order chi connectivity index (χ1) is 8.99. The van der Waals surface area contributed by atoms with E-state index in [0.29, 0.717) is 11.6 Å². The van der Waals surface area contributed by atoms with Crippen LogP contribution in [0.1, 0.15) is 38.3 Å². The second kappa shape index (κ2) is 5.88. The highest BCUT2D eigenvalue weighted by atomic mass is 19.1. The Hall–Kier alpha value is -1.13. The first kappa shape index (κ1) is 14.3. The fourth-order valence-electron chi connectivity index (χ4n) is 2.69. The molecule has 3 nitrogen and oxygen atoms in total. The Labute approximate surface area is 114 Å². The van der Waals surface area contributed by atoms with Gasteiger partial charge in [-0.3, -0.25) is 0 Å². The number of rotatable bonds is 3. The van der Waals surface area contributed by atoms with Crippen molar-refractivity contribution in [3.05, 3.63) is 29.6 Å². The van der Waals surface area contributed by atoms with Crippen molar-refractivity contribution in [3.8, 4) is 0 Å². The number of anilines is 1. The molecule has 4 heteroatoms. The number of hydrogen-bond acceptors (Lipinski definition) is 3.